The summed E-state index contributed by atoms with van der Waals surface area (Å²) in [6.45, 7) is 4.33. The van der Waals surface area contributed by atoms with Gasteiger partial charge in [0.15, 0.2) is 0 Å². The van der Waals surface area contributed by atoms with Crippen LogP contribution in [0.4, 0.5) is 0 Å². The van der Waals surface area contributed by atoms with Gasteiger partial charge in [0.25, 0.3) is 0 Å². The van der Waals surface area contributed by atoms with Crippen molar-refractivity contribution in [2.75, 3.05) is 0 Å². The van der Waals surface area contributed by atoms with E-state index in [-0.39, 0.29) is 7.25 Å². The Morgan fingerprint density at radius 2 is 1.11 bits per heavy atom. The molecular formula is C35H28Cl2Zr. The van der Waals surface area contributed by atoms with Crippen LogP contribution in [0.25, 0.3) is 39.1 Å². The fourth-order valence-electron chi connectivity index (χ4n) is 7.23. The molecule has 0 heterocycles. The quantitative estimate of drug-likeness (QED) is 0.191. The normalized spacial score (nSPS) is 16.7. The topological polar surface area (TPSA) is 0 Å². The summed E-state index contributed by atoms with van der Waals surface area (Å²) in [6, 6.07) is 39.3. The molecule has 0 radical (unpaired) electrons. The third-order valence-electron chi connectivity index (χ3n) is 8.85. The summed E-state index contributed by atoms with van der Waals surface area (Å²) in [5.74, 6) is 0. The molecule has 0 aromatic heterocycles. The first-order valence-electron chi connectivity index (χ1n) is 13.3. The van der Waals surface area contributed by atoms with E-state index in [4.69, 9.17) is 17.0 Å². The van der Waals surface area contributed by atoms with E-state index in [9.17, 15) is 0 Å². The van der Waals surface area contributed by atoms with Crippen molar-refractivity contribution in [1.29, 1.82) is 0 Å². The van der Waals surface area contributed by atoms with Crippen molar-refractivity contribution in [2.24, 2.45) is 0 Å². The van der Waals surface area contributed by atoms with E-state index in [1.165, 1.54) is 60.9 Å². The molecule has 1 atom stereocenters. The SMILES string of the molecule is C[CH]=[Zr]([Cl])([Cl])([CH]1C(C)=Cc2c(-c3cccc4ccccc34)cccc21)[CH]1c2ccccc2-c2ccccc21. The molecule has 0 saturated carbocycles. The molecule has 0 amide bonds. The van der Waals surface area contributed by atoms with Gasteiger partial charge in [-0.1, -0.05) is 0 Å². The van der Waals surface area contributed by atoms with Gasteiger partial charge in [-0.25, -0.2) is 0 Å². The van der Waals surface area contributed by atoms with Gasteiger partial charge < -0.3 is 0 Å². The average Bonchev–Trinajstić information content (AvgIpc) is 3.48. The van der Waals surface area contributed by atoms with E-state index in [1.807, 2.05) is 0 Å². The van der Waals surface area contributed by atoms with Crippen LogP contribution in [0.3, 0.4) is 0 Å². The summed E-state index contributed by atoms with van der Waals surface area (Å²) >= 11 is -4.82. The van der Waals surface area contributed by atoms with Crippen LogP contribution in [0, 0.1) is 0 Å². The Labute approximate surface area is 232 Å². The first-order chi connectivity index (χ1) is 18.4. The summed E-state index contributed by atoms with van der Waals surface area (Å²) in [5, 5.41) is 2.51. The number of halogens is 2. The molecule has 7 rings (SSSR count). The molecule has 186 valence electrons. The molecule has 3 heteroatoms. The molecule has 2 aliphatic carbocycles. The van der Waals surface area contributed by atoms with Gasteiger partial charge in [-0.05, 0) is 0 Å². The van der Waals surface area contributed by atoms with E-state index >= 15 is 0 Å². The second kappa shape index (κ2) is 8.72. The molecule has 0 N–H and O–H groups in total. The molecule has 38 heavy (non-hydrogen) atoms. The monoisotopic (exact) mass is 608 g/mol. The Hall–Kier alpha value is -2.57. The molecule has 0 bridgehead atoms. The van der Waals surface area contributed by atoms with Gasteiger partial charge in [-0.15, -0.1) is 0 Å². The number of hydrogen-bond acceptors (Lipinski definition) is 0. The standard InChI is InChI=1S/C20H15.C13H9.C2H4.2ClH.Zr/c1-14-12-16-8-5-11-19(20(16)13-14)18-10-4-7-15-6-2-3-9-17(15)18;1-3-7-12-10(5-1)9-11-6-2-4-8-13(11)12;1-2;;;/h2-13H,1H3;1-9H;1H,2H3;2*1H;/q;;;;;+2/p-2. The van der Waals surface area contributed by atoms with Gasteiger partial charge in [0.2, 0.25) is 0 Å². The summed E-state index contributed by atoms with van der Waals surface area (Å²) in [7, 11) is 16.3. The van der Waals surface area contributed by atoms with Crippen molar-refractivity contribution in [3.05, 3.63) is 137 Å². The molecule has 0 nitrogen and oxygen atoms in total. The van der Waals surface area contributed by atoms with E-state index in [0.717, 1.165) is 0 Å². The van der Waals surface area contributed by atoms with Gasteiger partial charge in [0.05, 0.1) is 0 Å². The first kappa shape index (κ1) is 24.5. The molecule has 0 fully saturated rings. The molecular weight excluding hydrogens is 583 g/mol. The van der Waals surface area contributed by atoms with Crippen molar-refractivity contribution >= 4 is 37.6 Å². The second-order valence-electron chi connectivity index (χ2n) is 10.8. The number of hydrogen-bond donors (Lipinski definition) is 0. The third-order valence-corrected chi connectivity index (χ3v) is 28.1. The van der Waals surface area contributed by atoms with Crippen molar-refractivity contribution in [3.8, 4) is 22.3 Å². The number of benzene rings is 5. The second-order valence-corrected chi connectivity index (χ2v) is 32.2. The molecule has 0 spiro atoms. The minimum atomic E-state index is -4.82. The zero-order valence-corrected chi connectivity index (χ0v) is 25.4. The number of fused-ring (bicyclic) bond motifs is 5. The molecule has 0 saturated heterocycles. The van der Waals surface area contributed by atoms with Crippen molar-refractivity contribution in [1.82, 2.24) is 0 Å². The number of rotatable bonds is 3. The van der Waals surface area contributed by atoms with Crippen LogP contribution in [0.15, 0.2) is 115 Å². The van der Waals surface area contributed by atoms with Gasteiger partial charge in [-0.3, -0.25) is 0 Å². The van der Waals surface area contributed by atoms with Crippen LogP contribution in [-0.2, 0) is 15.9 Å². The fourth-order valence-corrected chi connectivity index (χ4v) is 24.5. The summed E-state index contributed by atoms with van der Waals surface area (Å²) < 4.78 is 2.24. The van der Waals surface area contributed by atoms with Gasteiger partial charge >= 0.3 is 234 Å². The zero-order chi connectivity index (χ0) is 26.1. The van der Waals surface area contributed by atoms with Crippen molar-refractivity contribution < 1.29 is 15.9 Å². The van der Waals surface area contributed by atoms with Crippen LogP contribution >= 0.6 is 17.0 Å². The predicted octanol–water partition coefficient (Wildman–Crippen LogP) is 10.6. The Balaban J connectivity index is 1.48. The van der Waals surface area contributed by atoms with Crippen LogP contribution in [-0.4, -0.2) is 3.71 Å². The van der Waals surface area contributed by atoms with Crippen molar-refractivity contribution in [2.45, 2.75) is 21.1 Å². The minimum absolute atomic E-state index is 0.00101. The van der Waals surface area contributed by atoms with E-state index < -0.39 is 15.9 Å². The summed E-state index contributed by atoms with van der Waals surface area (Å²) in [4.78, 5) is 0. The van der Waals surface area contributed by atoms with E-state index in [0.29, 0.717) is 0 Å². The number of allylic oxidation sites excluding steroid dienone is 1. The van der Waals surface area contributed by atoms with E-state index in [1.54, 1.807) is 0 Å². The van der Waals surface area contributed by atoms with Crippen LogP contribution in [0.1, 0.15) is 43.4 Å². The van der Waals surface area contributed by atoms with Gasteiger partial charge in [0, 0.05) is 0 Å². The third kappa shape index (κ3) is 3.35. The van der Waals surface area contributed by atoms with E-state index in [2.05, 4.69) is 133 Å². The first-order valence-corrected chi connectivity index (χ1v) is 23.9. The maximum absolute atomic E-state index is 8.14. The van der Waals surface area contributed by atoms with Crippen LogP contribution in [0.5, 0.6) is 0 Å². The maximum atomic E-state index is 8.14. The average molecular weight is 611 g/mol. The van der Waals surface area contributed by atoms with Crippen molar-refractivity contribution in [3.63, 3.8) is 0 Å². The van der Waals surface area contributed by atoms with Crippen LogP contribution in [0.2, 0.25) is 0 Å². The zero-order valence-electron chi connectivity index (χ0n) is 21.5. The van der Waals surface area contributed by atoms with Gasteiger partial charge in [0.1, 0.15) is 0 Å². The molecule has 5 aromatic rings. The molecule has 1 unspecified atom stereocenters. The van der Waals surface area contributed by atoms with Gasteiger partial charge in [-0.2, -0.15) is 0 Å². The summed E-state index contributed by atoms with van der Waals surface area (Å²) in [6.07, 6.45) is 2.35. The molecule has 2 aliphatic rings. The Bertz CT molecular complexity index is 1820. The summed E-state index contributed by atoms with van der Waals surface area (Å²) in [5.41, 5.74) is 11.4. The fraction of sp³-hybridized carbons (Fsp3) is 0.114. The Morgan fingerprint density at radius 1 is 0.579 bits per heavy atom. The Kier molecular flexibility index (Phi) is 5.62. The predicted molar refractivity (Wildman–Crippen MR) is 163 cm³/mol. The molecule has 5 aromatic carbocycles. The Morgan fingerprint density at radius 3 is 1.82 bits per heavy atom. The van der Waals surface area contributed by atoms with Crippen LogP contribution < -0.4 is 0 Å². The molecule has 0 aliphatic heterocycles.